The second-order valence-corrected chi connectivity index (χ2v) is 3.60. The molecule has 3 heteroatoms. The fraction of sp³-hybridized carbons (Fsp3) is 0.875. The maximum atomic E-state index is 10.6. The van der Waals surface area contributed by atoms with Crippen LogP contribution in [0.15, 0.2) is 0 Å². The molecule has 2 unspecified atom stereocenters. The molecule has 1 aliphatic carbocycles. The van der Waals surface area contributed by atoms with Crippen LogP contribution in [-0.4, -0.2) is 23.3 Å². The zero-order valence-electron chi connectivity index (χ0n) is 6.38. The molecule has 62 valence electrons. The highest BCUT2D eigenvalue weighted by molar-refractivity contribution is 5.70. The van der Waals surface area contributed by atoms with E-state index in [0.29, 0.717) is 0 Å². The van der Waals surface area contributed by atoms with Crippen molar-refractivity contribution in [3.63, 3.8) is 0 Å². The number of hydrogen-bond acceptors (Lipinski definition) is 2. The standard InChI is InChI=1S/C8H12O3/c9-7(10)6-2-1-3-8(4-6)5-11-8/h6H,1-5H2,(H,9,10). The third kappa shape index (κ3) is 1.25. The Labute approximate surface area is 65.4 Å². The molecule has 1 saturated heterocycles. The van der Waals surface area contributed by atoms with E-state index in [0.717, 1.165) is 32.3 Å². The van der Waals surface area contributed by atoms with Gasteiger partial charge in [-0.1, -0.05) is 0 Å². The summed E-state index contributed by atoms with van der Waals surface area (Å²) in [7, 11) is 0. The Bertz CT molecular complexity index is 184. The summed E-state index contributed by atoms with van der Waals surface area (Å²) < 4.78 is 5.25. The van der Waals surface area contributed by atoms with E-state index in [4.69, 9.17) is 9.84 Å². The SMILES string of the molecule is O=C(O)C1CCCC2(CO2)C1. The van der Waals surface area contributed by atoms with Crippen LogP contribution in [0.5, 0.6) is 0 Å². The van der Waals surface area contributed by atoms with Crippen LogP contribution in [0.25, 0.3) is 0 Å². The van der Waals surface area contributed by atoms with Gasteiger partial charge in [0.1, 0.15) is 0 Å². The van der Waals surface area contributed by atoms with E-state index in [2.05, 4.69) is 0 Å². The summed E-state index contributed by atoms with van der Waals surface area (Å²) in [5, 5.41) is 8.74. The second-order valence-electron chi connectivity index (χ2n) is 3.60. The van der Waals surface area contributed by atoms with Crippen molar-refractivity contribution < 1.29 is 14.6 Å². The molecule has 0 aromatic heterocycles. The lowest BCUT2D eigenvalue weighted by Gasteiger charge is -2.23. The number of aliphatic carboxylic acids is 1. The molecule has 1 spiro atoms. The Morgan fingerprint density at radius 3 is 2.91 bits per heavy atom. The molecule has 2 fully saturated rings. The lowest BCUT2D eigenvalue weighted by molar-refractivity contribution is -0.143. The quantitative estimate of drug-likeness (QED) is 0.577. The van der Waals surface area contributed by atoms with Crippen LogP contribution < -0.4 is 0 Å². The van der Waals surface area contributed by atoms with Gasteiger partial charge in [-0.25, -0.2) is 0 Å². The molecule has 1 saturated carbocycles. The monoisotopic (exact) mass is 156 g/mol. The molecule has 0 aromatic rings. The van der Waals surface area contributed by atoms with Gasteiger partial charge in [0.05, 0.1) is 18.1 Å². The average molecular weight is 156 g/mol. The third-order valence-electron chi connectivity index (χ3n) is 2.71. The summed E-state index contributed by atoms with van der Waals surface area (Å²) in [4.78, 5) is 10.6. The smallest absolute Gasteiger partial charge is 0.306 e. The molecule has 0 bridgehead atoms. The van der Waals surface area contributed by atoms with Crippen molar-refractivity contribution in [1.29, 1.82) is 0 Å². The number of rotatable bonds is 1. The summed E-state index contributed by atoms with van der Waals surface area (Å²) in [6.45, 7) is 0.788. The first-order valence-corrected chi connectivity index (χ1v) is 4.09. The number of carboxylic acids is 1. The van der Waals surface area contributed by atoms with E-state index in [1.165, 1.54) is 0 Å². The van der Waals surface area contributed by atoms with Crippen LogP contribution in [-0.2, 0) is 9.53 Å². The molecule has 1 heterocycles. The minimum absolute atomic E-state index is 0.00130. The normalized spacial score (nSPS) is 42.4. The minimum Gasteiger partial charge on any atom is -0.481 e. The van der Waals surface area contributed by atoms with Crippen molar-refractivity contribution in [2.45, 2.75) is 31.3 Å². The molecule has 2 aliphatic rings. The zero-order chi connectivity index (χ0) is 7.90. The molecule has 0 radical (unpaired) electrons. The van der Waals surface area contributed by atoms with Crippen LogP contribution in [0.2, 0.25) is 0 Å². The van der Waals surface area contributed by atoms with Gasteiger partial charge in [-0.05, 0) is 25.7 Å². The Morgan fingerprint density at radius 1 is 1.64 bits per heavy atom. The summed E-state index contributed by atoms with van der Waals surface area (Å²) in [5.41, 5.74) is 0.00130. The number of ether oxygens (including phenoxy) is 1. The van der Waals surface area contributed by atoms with Crippen LogP contribution in [0.4, 0.5) is 0 Å². The average Bonchev–Trinajstić information content (AvgIpc) is 2.69. The maximum Gasteiger partial charge on any atom is 0.306 e. The van der Waals surface area contributed by atoms with Gasteiger partial charge in [-0.2, -0.15) is 0 Å². The van der Waals surface area contributed by atoms with E-state index >= 15 is 0 Å². The van der Waals surface area contributed by atoms with Gasteiger partial charge in [0.15, 0.2) is 0 Å². The first-order valence-electron chi connectivity index (χ1n) is 4.09. The third-order valence-corrected chi connectivity index (χ3v) is 2.71. The molecular formula is C8H12O3. The van der Waals surface area contributed by atoms with Crippen LogP contribution in [0.3, 0.4) is 0 Å². The maximum absolute atomic E-state index is 10.6. The van der Waals surface area contributed by atoms with Crippen molar-refractivity contribution in [1.82, 2.24) is 0 Å². The van der Waals surface area contributed by atoms with E-state index in [-0.39, 0.29) is 11.5 Å². The van der Waals surface area contributed by atoms with Crippen molar-refractivity contribution in [2.75, 3.05) is 6.61 Å². The second kappa shape index (κ2) is 2.21. The van der Waals surface area contributed by atoms with Gasteiger partial charge in [0, 0.05) is 0 Å². The van der Waals surface area contributed by atoms with E-state index in [1.807, 2.05) is 0 Å². The van der Waals surface area contributed by atoms with E-state index in [1.54, 1.807) is 0 Å². The molecule has 1 N–H and O–H groups in total. The van der Waals surface area contributed by atoms with E-state index < -0.39 is 5.97 Å². The van der Waals surface area contributed by atoms with Gasteiger partial charge in [-0.15, -0.1) is 0 Å². The van der Waals surface area contributed by atoms with Gasteiger partial charge in [0.25, 0.3) is 0 Å². The molecule has 0 aromatic carbocycles. The minimum atomic E-state index is -0.653. The highest BCUT2D eigenvalue weighted by Gasteiger charge is 2.49. The molecular weight excluding hydrogens is 144 g/mol. The fourth-order valence-corrected chi connectivity index (χ4v) is 1.90. The van der Waals surface area contributed by atoms with Crippen LogP contribution in [0.1, 0.15) is 25.7 Å². The fourth-order valence-electron chi connectivity index (χ4n) is 1.90. The molecule has 11 heavy (non-hydrogen) atoms. The highest BCUT2D eigenvalue weighted by Crippen LogP contribution is 2.43. The Morgan fingerprint density at radius 2 is 2.36 bits per heavy atom. The van der Waals surface area contributed by atoms with Crippen molar-refractivity contribution in [3.8, 4) is 0 Å². The number of carbonyl (C=O) groups is 1. The van der Waals surface area contributed by atoms with Crippen LogP contribution in [0, 0.1) is 5.92 Å². The molecule has 1 aliphatic heterocycles. The van der Waals surface area contributed by atoms with Crippen LogP contribution >= 0.6 is 0 Å². The van der Waals surface area contributed by atoms with Crippen molar-refractivity contribution >= 4 is 5.97 Å². The van der Waals surface area contributed by atoms with Gasteiger partial charge < -0.3 is 9.84 Å². The van der Waals surface area contributed by atoms with Crippen molar-refractivity contribution in [2.24, 2.45) is 5.92 Å². The largest absolute Gasteiger partial charge is 0.481 e. The summed E-state index contributed by atoms with van der Waals surface area (Å²) in [5.74, 6) is -0.800. The highest BCUT2D eigenvalue weighted by atomic mass is 16.6. The summed E-state index contributed by atoms with van der Waals surface area (Å²) >= 11 is 0. The van der Waals surface area contributed by atoms with Gasteiger partial charge >= 0.3 is 5.97 Å². The molecule has 2 atom stereocenters. The predicted octanol–water partition coefficient (Wildman–Crippen LogP) is 1.03. The number of epoxide rings is 1. The molecule has 3 nitrogen and oxygen atoms in total. The Kier molecular flexibility index (Phi) is 1.42. The first kappa shape index (κ1) is 7.10. The number of hydrogen-bond donors (Lipinski definition) is 1. The van der Waals surface area contributed by atoms with Gasteiger partial charge in [-0.3, -0.25) is 4.79 Å². The van der Waals surface area contributed by atoms with E-state index in [9.17, 15) is 4.79 Å². The molecule has 0 amide bonds. The topological polar surface area (TPSA) is 49.8 Å². The summed E-state index contributed by atoms with van der Waals surface area (Å²) in [6.07, 6.45) is 3.65. The molecule has 2 rings (SSSR count). The lowest BCUT2D eigenvalue weighted by Crippen LogP contribution is -2.27. The number of carboxylic acid groups (broad SMARTS) is 1. The Hall–Kier alpha value is -0.570. The lowest BCUT2D eigenvalue weighted by atomic mass is 9.82. The Balaban J connectivity index is 1.98. The first-order chi connectivity index (χ1) is 5.22. The predicted molar refractivity (Wildman–Crippen MR) is 38.3 cm³/mol. The summed E-state index contributed by atoms with van der Waals surface area (Å²) in [6, 6.07) is 0. The zero-order valence-corrected chi connectivity index (χ0v) is 6.38. The van der Waals surface area contributed by atoms with Crippen molar-refractivity contribution in [3.05, 3.63) is 0 Å². The van der Waals surface area contributed by atoms with Gasteiger partial charge in [0.2, 0.25) is 0 Å².